The Kier molecular flexibility index (Phi) is 5.16. The normalized spacial score (nSPS) is 10.9. The van der Waals surface area contributed by atoms with Crippen molar-refractivity contribution < 1.29 is 4.79 Å². The smallest absolute Gasteiger partial charge is 0.177 e. The summed E-state index contributed by atoms with van der Waals surface area (Å²) in [4.78, 5) is 14.4. The molecule has 0 heterocycles. The van der Waals surface area contributed by atoms with E-state index in [0.717, 1.165) is 27.3 Å². The molecule has 0 aliphatic heterocycles. The molecule has 2 aromatic carbocycles. The second-order valence-electron chi connectivity index (χ2n) is 5.54. The summed E-state index contributed by atoms with van der Waals surface area (Å²) >= 11 is 5.98. The van der Waals surface area contributed by atoms with Crippen LogP contribution in [0.5, 0.6) is 0 Å². The molecule has 0 unspecified atom stereocenters. The second-order valence-corrected chi connectivity index (χ2v) is 5.98. The fraction of sp³-hybridized carbons (Fsp3) is 0.278. The van der Waals surface area contributed by atoms with Crippen molar-refractivity contribution in [2.45, 2.75) is 20.4 Å². The lowest BCUT2D eigenvalue weighted by molar-refractivity contribution is 0.0942. The third kappa shape index (κ3) is 4.42. The predicted octanol–water partition coefficient (Wildman–Crippen LogP) is 4.27. The van der Waals surface area contributed by atoms with Crippen molar-refractivity contribution in [3.8, 4) is 0 Å². The van der Waals surface area contributed by atoms with Crippen LogP contribution in [0.15, 0.2) is 42.5 Å². The molecule has 0 spiro atoms. The van der Waals surface area contributed by atoms with Crippen molar-refractivity contribution in [2.75, 3.05) is 13.6 Å². The standard InChI is InChI=1S/C18H20ClNO/c1-13-7-8-14(2)17(9-13)18(21)12-20(3)11-15-5-4-6-16(19)10-15/h4-10H,11-12H2,1-3H3. The lowest BCUT2D eigenvalue weighted by atomic mass is 10.0. The first-order chi connectivity index (χ1) is 9.95. The van der Waals surface area contributed by atoms with Gasteiger partial charge in [-0.05, 0) is 50.2 Å². The van der Waals surface area contributed by atoms with Crippen LogP contribution in [0.2, 0.25) is 5.02 Å². The summed E-state index contributed by atoms with van der Waals surface area (Å²) < 4.78 is 0. The van der Waals surface area contributed by atoms with Gasteiger partial charge in [0.25, 0.3) is 0 Å². The van der Waals surface area contributed by atoms with Gasteiger partial charge in [0.15, 0.2) is 5.78 Å². The molecule has 0 atom stereocenters. The van der Waals surface area contributed by atoms with Gasteiger partial charge in [-0.15, -0.1) is 0 Å². The van der Waals surface area contributed by atoms with Gasteiger partial charge in [0.1, 0.15) is 0 Å². The SMILES string of the molecule is Cc1ccc(C)c(C(=O)CN(C)Cc2cccc(Cl)c2)c1. The third-order valence-electron chi connectivity index (χ3n) is 3.45. The number of halogens is 1. The minimum atomic E-state index is 0.153. The summed E-state index contributed by atoms with van der Waals surface area (Å²) in [7, 11) is 1.95. The zero-order valence-corrected chi connectivity index (χ0v) is 13.4. The van der Waals surface area contributed by atoms with E-state index in [1.54, 1.807) is 0 Å². The third-order valence-corrected chi connectivity index (χ3v) is 3.68. The molecule has 0 fully saturated rings. The maximum Gasteiger partial charge on any atom is 0.177 e. The van der Waals surface area contributed by atoms with Gasteiger partial charge in [-0.1, -0.05) is 41.4 Å². The Hall–Kier alpha value is -1.64. The highest BCUT2D eigenvalue weighted by molar-refractivity contribution is 6.30. The van der Waals surface area contributed by atoms with Crippen LogP contribution in [0.3, 0.4) is 0 Å². The Morgan fingerprint density at radius 3 is 2.62 bits per heavy atom. The zero-order valence-electron chi connectivity index (χ0n) is 12.7. The van der Waals surface area contributed by atoms with E-state index in [-0.39, 0.29) is 5.78 Å². The molecule has 2 aromatic rings. The van der Waals surface area contributed by atoms with Gasteiger partial charge in [0.05, 0.1) is 6.54 Å². The van der Waals surface area contributed by atoms with E-state index in [2.05, 4.69) is 0 Å². The molecular formula is C18H20ClNO. The topological polar surface area (TPSA) is 20.3 Å². The van der Waals surface area contributed by atoms with Crippen LogP contribution in [-0.2, 0) is 6.54 Å². The molecular weight excluding hydrogens is 282 g/mol. The van der Waals surface area contributed by atoms with Gasteiger partial charge in [-0.25, -0.2) is 0 Å². The maximum atomic E-state index is 12.4. The Morgan fingerprint density at radius 2 is 1.90 bits per heavy atom. The number of hydrogen-bond acceptors (Lipinski definition) is 2. The maximum absolute atomic E-state index is 12.4. The highest BCUT2D eigenvalue weighted by Crippen LogP contribution is 2.14. The quantitative estimate of drug-likeness (QED) is 0.769. The van der Waals surface area contributed by atoms with Gasteiger partial charge < -0.3 is 0 Å². The molecule has 0 aromatic heterocycles. The molecule has 0 radical (unpaired) electrons. The molecule has 0 N–H and O–H groups in total. The monoisotopic (exact) mass is 301 g/mol. The molecule has 0 aliphatic carbocycles. The van der Waals surface area contributed by atoms with Gasteiger partial charge in [0, 0.05) is 17.1 Å². The van der Waals surface area contributed by atoms with E-state index < -0.39 is 0 Å². The number of Topliss-reactive ketones (excluding diaryl/α,β-unsaturated/α-hetero) is 1. The van der Waals surface area contributed by atoms with Crippen LogP contribution >= 0.6 is 11.6 Å². The number of carbonyl (C=O) groups is 1. The molecule has 3 heteroatoms. The van der Waals surface area contributed by atoms with Crippen molar-refractivity contribution in [3.05, 3.63) is 69.7 Å². The molecule has 0 saturated carbocycles. The lowest BCUT2D eigenvalue weighted by Crippen LogP contribution is -2.26. The van der Waals surface area contributed by atoms with Crippen molar-refractivity contribution in [1.29, 1.82) is 0 Å². The first-order valence-corrected chi connectivity index (χ1v) is 7.37. The van der Waals surface area contributed by atoms with Crippen molar-refractivity contribution in [1.82, 2.24) is 4.90 Å². The van der Waals surface area contributed by atoms with E-state index in [9.17, 15) is 4.79 Å². The fourth-order valence-corrected chi connectivity index (χ4v) is 2.58. The average Bonchev–Trinajstić information content (AvgIpc) is 2.41. The summed E-state index contributed by atoms with van der Waals surface area (Å²) in [6.07, 6.45) is 0. The highest BCUT2D eigenvalue weighted by Gasteiger charge is 2.12. The second kappa shape index (κ2) is 6.88. The van der Waals surface area contributed by atoms with Crippen molar-refractivity contribution in [2.24, 2.45) is 0 Å². The summed E-state index contributed by atoms with van der Waals surface area (Å²) in [6, 6.07) is 13.7. The molecule has 0 bridgehead atoms. The Labute approximate surface area is 131 Å². The molecule has 0 aliphatic rings. The number of aryl methyl sites for hydroxylation is 2. The number of hydrogen-bond donors (Lipinski definition) is 0. The summed E-state index contributed by atoms with van der Waals surface area (Å²) in [5.74, 6) is 0.153. The summed E-state index contributed by atoms with van der Waals surface area (Å²) in [6.45, 7) is 5.09. The highest BCUT2D eigenvalue weighted by atomic mass is 35.5. The largest absolute Gasteiger partial charge is 0.295 e. The van der Waals surface area contributed by atoms with Crippen LogP contribution in [0, 0.1) is 13.8 Å². The first kappa shape index (κ1) is 15.7. The molecule has 0 amide bonds. The lowest BCUT2D eigenvalue weighted by Gasteiger charge is -2.17. The van der Waals surface area contributed by atoms with E-state index in [4.69, 9.17) is 11.6 Å². The molecule has 2 nitrogen and oxygen atoms in total. The summed E-state index contributed by atoms with van der Waals surface area (Å²) in [5, 5.41) is 0.724. The Bertz CT molecular complexity index is 651. The van der Waals surface area contributed by atoms with Crippen LogP contribution in [-0.4, -0.2) is 24.3 Å². The van der Waals surface area contributed by atoms with Gasteiger partial charge in [-0.3, -0.25) is 9.69 Å². The molecule has 0 saturated heterocycles. The number of likely N-dealkylation sites (N-methyl/N-ethyl adjacent to an activating group) is 1. The van der Waals surface area contributed by atoms with Crippen molar-refractivity contribution in [3.63, 3.8) is 0 Å². The molecule has 2 rings (SSSR count). The fourth-order valence-electron chi connectivity index (χ4n) is 2.37. The van der Waals surface area contributed by atoms with Crippen LogP contribution in [0.4, 0.5) is 0 Å². The predicted molar refractivity (Wildman–Crippen MR) is 88.0 cm³/mol. The van der Waals surface area contributed by atoms with E-state index in [1.807, 2.05) is 68.3 Å². The van der Waals surface area contributed by atoms with Gasteiger partial charge in [0.2, 0.25) is 0 Å². The van der Waals surface area contributed by atoms with Crippen LogP contribution in [0.1, 0.15) is 27.0 Å². The average molecular weight is 302 g/mol. The van der Waals surface area contributed by atoms with E-state index in [0.29, 0.717) is 13.1 Å². The zero-order chi connectivity index (χ0) is 15.4. The first-order valence-electron chi connectivity index (χ1n) is 6.99. The Balaban J connectivity index is 2.03. The minimum absolute atomic E-state index is 0.153. The number of benzene rings is 2. The molecule has 110 valence electrons. The molecule has 21 heavy (non-hydrogen) atoms. The number of ketones is 1. The summed E-state index contributed by atoms with van der Waals surface area (Å²) in [5.41, 5.74) is 4.06. The minimum Gasteiger partial charge on any atom is -0.295 e. The van der Waals surface area contributed by atoms with Gasteiger partial charge >= 0.3 is 0 Å². The Morgan fingerprint density at radius 1 is 1.14 bits per heavy atom. The van der Waals surface area contributed by atoms with Crippen molar-refractivity contribution >= 4 is 17.4 Å². The van der Waals surface area contributed by atoms with Gasteiger partial charge in [-0.2, -0.15) is 0 Å². The van der Waals surface area contributed by atoms with E-state index >= 15 is 0 Å². The number of carbonyl (C=O) groups excluding carboxylic acids is 1. The van der Waals surface area contributed by atoms with E-state index in [1.165, 1.54) is 0 Å². The van der Waals surface area contributed by atoms with Crippen LogP contribution in [0.25, 0.3) is 0 Å². The number of rotatable bonds is 5. The van der Waals surface area contributed by atoms with Crippen LogP contribution < -0.4 is 0 Å². The number of nitrogens with zero attached hydrogens (tertiary/aromatic N) is 1.